The molecule has 0 aliphatic carbocycles. The molecule has 2 N–H and O–H groups in total. The number of hydrogen-bond acceptors (Lipinski definition) is 4. The van der Waals surface area contributed by atoms with E-state index < -0.39 is 0 Å². The van der Waals surface area contributed by atoms with Crippen molar-refractivity contribution >= 4 is 23.0 Å². The van der Waals surface area contributed by atoms with E-state index in [2.05, 4.69) is 39.6 Å². The molecule has 1 aromatic heterocycles. The lowest BCUT2D eigenvalue weighted by Crippen LogP contribution is -2.44. The molecule has 25 heavy (non-hydrogen) atoms. The third-order valence-electron chi connectivity index (χ3n) is 4.40. The summed E-state index contributed by atoms with van der Waals surface area (Å²) >= 11 is 5.48. The monoisotopic (exact) mass is 356 g/mol. The molecule has 0 spiro atoms. The summed E-state index contributed by atoms with van der Waals surface area (Å²) in [6, 6.07) is 12.4. The molecule has 1 aliphatic heterocycles. The quantitative estimate of drug-likeness (QED) is 0.804. The second-order valence-electron chi connectivity index (χ2n) is 6.10. The van der Waals surface area contributed by atoms with Crippen molar-refractivity contribution in [2.24, 2.45) is 0 Å². The van der Waals surface area contributed by atoms with E-state index >= 15 is 0 Å². The van der Waals surface area contributed by atoms with Crippen LogP contribution in [0, 0.1) is 6.92 Å². The van der Waals surface area contributed by atoms with Crippen LogP contribution in [0.15, 0.2) is 48.8 Å². The van der Waals surface area contributed by atoms with Gasteiger partial charge in [0.25, 0.3) is 0 Å². The normalized spacial score (nSPS) is 16.2. The van der Waals surface area contributed by atoms with Crippen LogP contribution in [0.4, 0.5) is 5.69 Å². The Morgan fingerprint density at radius 2 is 2.04 bits per heavy atom. The first-order valence-electron chi connectivity index (χ1n) is 8.56. The van der Waals surface area contributed by atoms with Crippen molar-refractivity contribution in [1.82, 2.24) is 15.2 Å². The number of benzene rings is 1. The molecule has 0 saturated carbocycles. The predicted molar refractivity (Wildman–Crippen MR) is 105 cm³/mol. The summed E-state index contributed by atoms with van der Waals surface area (Å²) in [5.41, 5.74) is 3.39. The standard InChI is InChI=1S/C19H24N4OS/c1-15-5-2-3-7-17(15)22-19(25)21-14-18(16-6-4-8-20-13-16)23-9-11-24-12-10-23/h2-8,13,18H,9-12,14H2,1H3,(H2,21,22,25)/t18-/m1/s1. The average Bonchev–Trinajstić information content (AvgIpc) is 2.66. The summed E-state index contributed by atoms with van der Waals surface area (Å²) in [5.74, 6) is 0. The van der Waals surface area contributed by atoms with Crippen LogP contribution in [0.2, 0.25) is 0 Å². The number of ether oxygens (including phenoxy) is 1. The van der Waals surface area contributed by atoms with Gasteiger partial charge in [0.2, 0.25) is 0 Å². The van der Waals surface area contributed by atoms with Gasteiger partial charge >= 0.3 is 0 Å². The van der Waals surface area contributed by atoms with E-state index in [1.165, 1.54) is 11.1 Å². The van der Waals surface area contributed by atoms with Gasteiger partial charge in [-0.3, -0.25) is 9.88 Å². The number of nitrogens with zero attached hydrogens (tertiary/aromatic N) is 2. The smallest absolute Gasteiger partial charge is 0.170 e. The van der Waals surface area contributed by atoms with E-state index in [1.807, 2.05) is 30.5 Å². The zero-order chi connectivity index (χ0) is 17.5. The van der Waals surface area contributed by atoms with Crippen molar-refractivity contribution in [2.75, 3.05) is 38.2 Å². The maximum Gasteiger partial charge on any atom is 0.170 e. The molecule has 0 radical (unpaired) electrons. The van der Waals surface area contributed by atoms with Crippen molar-refractivity contribution in [2.45, 2.75) is 13.0 Å². The highest BCUT2D eigenvalue weighted by molar-refractivity contribution is 7.80. The summed E-state index contributed by atoms with van der Waals surface area (Å²) < 4.78 is 5.49. The van der Waals surface area contributed by atoms with Crippen LogP contribution in [0.5, 0.6) is 0 Å². The molecule has 3 rings (SSSR count). The highest BCUT2D eigenvalue weighted by Crippen LogP contribution is 2.20. The molecule has 1 atom stereocenters. The summed E-state index contributed by atoms with van der Waals surface area (Å²) in [6.45, 7) is 6.16. The first-order chi connectivity index (χ1) is 12.2. The second kappa shape index (κ2) is 8.89. The molecule has 1 aliphatic rings. The van der Waals surface area contributed by atoms with E-state index in [0.29, 0.717) is 5.11 Å². The van der Waals surface area contributed by atoms with Gasteiger partial charge in [-0.25, -0.2) is 0 Å². The number of nitrogens with one attached hydrogen (secondary N) is 2. The van der Waals surface area contributed by atoms with Crippen LogP contribution in [0.3, 0.4) is 0 Å². The summed E-state index contributed by atoms with van der Waals surface area (Å²) in [4.78, 5) is 6.69. The number of rotatable bonds is 5. The SMILES string of the molecule is Cc1ccccc1NC(=S)NC[C@H](c1cccnc1)N1CCOCC1. The first kappa shape index (κ1) is 17.8. The van der Waals surface area contributed by atoms with E-state index in [0.717, 1.165) is 38.5 Å². The van der Waals surface area contributed by atoms with Gasteiger partial charge in [-0.2, -0.15) is 0 Å². The van der Waals surface area contributed by atoms with Crippen LogP contribution in [0.1, 0.15) is 17.2 Å². The minimum atomic E-state index is 0.217. The van der Waals surface area contributed by atoms with Gasteiger partial charge in [-0.1, -0.05) is 24.3 Å². The Labute approximate surface area is 154 Å². The van der Waals surface area contributed by atoms with Gasteiger partial charge in [0.15, 0.2) is 5.11 Å². The predicted octanol–water partition coefficient (Wildman–Crippen LogP) is 2.75. The maximum absolute atomic E-state index is 5.49. The Balaban J connectivity index is 1.64. The highest BCUT2D eigenvalue weighted by atomic mass is 32.1. The fraction of sp³-hybridized carbons (Fsp3) is 0.368. The largest absolute Gasteiger partial charge is 0.379 e. The average molecular weight is 356 g/mol. The van der Waals surface area contributed by atoms with E-state index in [-0.39, 0.29) is 6.04 Å². The van der Waals surface area contributed by atoms with Crippen LogP contribution in [-0.2, 0) is 4.74 Å². The molecule has 2 heterocycles. The third kappa shape index (κ3) is 4.98. The minimum Gasteiger partial charge on any atom is -0.379 e. The number of morpholine rings is 1. The zero-order valence-corrected chi connectivity index (χ0v) is 15.3. The van der Waals surface area contributed by atoms with Crippen LogP contribution >= 0.6 is 12.2 Å². The molecule has 132 valence electrons. The fourth-order valence-corrected chi connectivity index (χ4v) is 3.18. The Bertz CT molecular complexity index is 689. The minimum absolute atomic E-state index is 0.217. The van der Waals surface area contributed by atoms with Gasteiger partial charge < -0.3 is 15.4 Å². The lowest BCUT2D eigenvalue weighted by Gasteiger charge is -2.35. The molecule has 0 amide bonds. The lowest BCUT2D eigenvalue weighted by atomic mass is 10.1. The number of hydrogen-bond donors (Lipinski definition) is 2. The lowest BCUT2D eigenvalue weighted by molar-refractivity contribution is 0.0170. The summed E-state index contributed by atoms with van der Waals surface area (Å²) in [7, 11) is 0. The molecule has 6 heteroatoms. The Hall–Kier alpha value is -2.02. The Kier molecular flexibility index (Phi) is 6.33. The number of anilines is 1. The summed E-state index contributed by atoms with van der Waals surface area (Å²) in [6.07, 6.45) is 3.73. The number of pyridine rings is 1. The van der Waals surface area contributed by atoms with Gasteiger partial charge in [-0.15, -0.1) is 0 Å². The molecule has 1 aromatic carbocycles. The van der Waals surface area contributed by atoms with Gasteiger partial charge in [-0.05, 0) is 42.4 Å². The van der Waals surface area contributed by atoms with Crippen molar-refractivity contribution in [1.29, 1.82) is 0 Å². The van der Waals surface area contributed by atoms with Crippen LogP contribution in [-0.4, -0.2) is 47.8 Å². The van der Waals surface area contributed by atoms with Crippen LogP contribution < -0.4 is 10.6 Å². The molecule has 0 bridgehead atoms. The molecule has 2 aromatic rings. The number of aromatic nitrogens is 1. The highest BCUT2D eigenvalue weighted by Gasteiger charge is 2.22. The van der Waals surface area contributed by atoms with Gasteiger partial charge in [0.05, 0.1) is 19.3 Å². The molecular formula is C19H24N4OS. The van der Waals surface area contributed by atoms with Crippen molar-refractivity contribution < 1.29 is 4.74 Å². The van der Waals surface area contributed by atoms with Crippen molar-refractivity contribution in [3.05, 3.63) is 59.9 Å². The Morgan fingerprint density at radius 3 is 2.76 bits per heavy atom. The van der Waals surface area contributed by atoms with E-state index in [4.69, 9.17) is 17.0 Å². The van der Waals surface area contributed by atoms with E-state index in [9.17, 15) is 0 Å². The third-order valence-corrected chi connectivity index (χ3v) is 4.65. The maximum atomic E-state index is 5.49. The van der Waals surface area contributed by atoms with Gasteiger partial charge in [0, 0.05) is 37.7 Å². The summed E-state index contributed by atoms with van der Waals surface area (Å²) in [5, 5.41) is 7.28. The number of para-hydroxylation sites is 1. The molecular weight excluding hydrogens is 332 g/mol. The molecule has 0 unspecified atom stereocenters. The fourth-order valence-electron chi connectivity index (χ4n) is 2.99. The molecule has 1 saturated heterocycles. The molecule has 1 fully saturated rings. The van der Waals surface area contributed by atoms with E-state index in [1.54, 1.807) is 6.20 Å². The second-order valence-corrected chi connectivity index (χ2v) is 6.51. The Morgan fingerprint density at radius 1 is 1.24 bits per heavy atom. The number of thiocarbonyl (C=S) groups is 1. The van der Waals surface area contributed by atoms with Crippen LogP contribution in [0.25, 0.3) is 0 Å². The zero-order valence-electron chi connectivity index (χ0n) is 14.4. The van der Waals surface area contributed by atoms with Crippen molar-refractivity contribution in [3.8, 4) is 0 Å². The topological polar surface area (TPSA) is 49.4 Å². The molecule has 5 nitrogen and oxygen atoms in total. The number of aryl methyl sites for hydroxylation is 1. The van der Waals surface area contributed by atoms with Crippen molar-refractivity contribution in [3.63, 3.8) is 0 Å². The first-order valence-corrected chi connectivity index (χ1v) is 8.97. The van der Waals surface area contributed by atoms with Gasteiger partial charge in [0.1, 0.15) is 0 Å².